The first-order valence-corrected chi connectivity index (χ1v) is 5.39. The quantitative estimate of drug-likeness (QED) is 0.842. The topological polar surface area (TPSA) is 51.8 Å². The highest BCUT2D eigenvalue weighted by atomic mass is 14.6. The fraction of sp³-hybridized carbons (Fsp3) is 0.231. The molecule has 0 radical (unpaired) electrons. The van der Waals surface area contributed by atoms with Gasteiger partial charge in [0.2, 0.25) is 0 Å². The van der Waals surface area contributed by atoms with E-state index in [2.05, 4.69) is 16.0 Å². The van der Waals surface area contributed by atoms with Crippen molar-refractivity contribution in [2.24, 2.45) is 5.73 Å². The number of rotatable bonds is 4. The summed E-state index contributed by atoms with van der Waals surface area (Å²) in [5, 5.41) is 0. The molecule has 0 amide bonds. The molecule has 16 heavy (non-hydrogen) atoms. The molecule has 2 aromatic rings. The average Bonchev–Trinajstić information content (AvgIpc) is 2.38. The van der Waals surface area contributed by atoms with Gasteiger partial charge < -0.3 is 5.73 Å². The van der Waals surface area contributed by atoms with Crippen LogP contribution in [0.3, 0.4) is 0 Å². The van der Waals surface area contributed by atoms with Gasteiger partial charge in [-0.05, 0) is 42.3 Å². The molecule has 0 aliphatic heterocycles. The molecule has 2 N–H and O–H groups in total. The van der Waals surface area contributed by atoms with Crippen molar-refractivity contribution in [2.75, 3.05) is 6.54 Å². The molecule has 0 fully saturated rings. The molecule has 2 aromatic heterocycles. The molecule has 0 spiro atoms. The van der Waals surface area contributed by atoms with Gasteiger partial charge in [-0.15, -0.1) is 0 Å². The van der Waals surface area contributed by atoms with Crippen LogP contribution >= 0.6 is 0 Å². The molecule has 1 unspecified atom stereocenters. The van der Waals surface area contributed by atoms with Gasteiger partial charge in [0.1, 0.15) is 0 Å². The van der Waals surface area contributed by atoms with Crippen LogP contribution in [0.1, 0.15) is 17.0 Å². The number of nitrogens with zero attached hydrogens (tertiary/aromatic N) is 2. The third-order valence-corrected chi connectivity index (χ3v) is 2.67. The number of pyridine rings is 2. The summed E-state index contributed by atoms with van der Waals surface area (Å²) < 4.78 is 0. The summed E-state index contributed by atoms with van der Waals surface area (Å²) in [6.45, 7) is 0.633. The zero-order chi connectivity index (χ0) is 11.2. The van der Waals surface area contributed by atoms with Crippen molar-refractivity contribution in [3.8, 4) is 0 Å². The molecule has 2 rings (SSSR count). The maximum Gasteiger partial charge on any atom is 0.0303 e. The van der Waals surface area contributed by atoms with E-state index in [-0.39, 0.29) is 0 Å². The minimum absolute atomic E-state index is 0.330. The van der Waals surface area contributed by atoms with Gasteiger partial charge in [0.25, 0.3) is 0 Å². The minimum atomic E-state index is 0.330. The fourth-order valence-corrected chi connectivity index (χ4v) is 1.76. The first-order chi connectivity index (χ1) is 7.90. The molecule has 2 heterocycles. The van der Waals surface area contributed by atoms with Crippen LogP contribution in [0, 0.1) is 0 Å². The van der Waals surface area contributed by atoms with Gasteiger partial charge >= 0.3 is 0 Å². The smallest absolute Gasteiger partial charge is 0.0303 e. The van der Waals surface area contributed by atoms with Crippen LogP contribution in [-0.2, 0) is 6.42 Å². The van der Waals surface area contributed by atoms with Crippen LogP contribution < -0.4 is 5.73 Å². The molecule has 0 bridgehead atoms. The SMILES string of the molecule is NCC(Cc1ccncc1)c1cccnc1. The molecule has 0 aliphatic carbocycles. The number of nitrogens with two attached hydrogens (primary N) is 1. The lowest BCUT2D eigenvalue weighted by Crippen LogP contribution is -2.15. The molecule has 0 aromatic carbocycles. The summed E-state index contributed by atoms with van der Waals surface area (Å²) in [6, 6.07) is 8.08. The molecule has 0 aliphatic rings. The van der Waals surface area contributed by atoms with Crippen LogP contribution in [0.15, 0.2) is 49.1 Å². The van der Waals surface area contributed by atoms with E-state index in [9.17, 15) is 0 Å². The Morgan fingerprint density at radius 1 is 1.06 bits per heavy atom. The van der Waals surface area contributed by atoms with E-state index in [0.29, 0.717) is 12.5 Å². The predicted molar refractivity (Wildman–Crippen MR) is 64.0 cm³/mol. The van der Waals surface area contributed by atoms with Crippen LogP contribution in [0.2, 0.25) is 0 Å². The van der Waals surface area contributed by atoms with Gasteiger partial charge in [-0.25, -0.2) is 0 Å². The lowest BCUT2D eigenvalue weighted by Gasteiger charge is -2.14. The highest BCUT2D eigenvalue weighted by Crippen LogP contribution is 2.18. The summed E-state index contributed by atoms with van der Waals surface area (Å²) in [5.74, 6) is 0.330. The maximum atomic E-state index is 5.81. The van der Waals surface area contributed by atoms with Gasteiger partial charge in [-0.2, -0.15) is 0 Å². The third-order valence-electron chi connectivity index (χ3n) is 2.67. The van der Waals surface area contributed by atoms with E-state index in [4.69, 9.17) is 5.73 Å². The normalized spacial score (nSPS) is 12.3. The highest BCUT2D eigenvalue weighted by molar-refractivity contribution is 5.20. The third kappa shape index (κ3) is 2.64. The van der Waals surface area contributed by atoms with Gasteiger partial charge in [0.15, 0.2) is 0 Å². The molecule has 3 nitrogen and oxygen atoms in total. The summed E-state index contributed by atoms with van der Waals surface area (Å²) in [6.07, 6.45) is 8.23. The van der Waals surface area contributed by atoms with E-state index in [1.165, 1.54) is 11.1 Å². The lowest BCUT2D eigenvalue weighted by molar-refractivity contribution is 0.690. The summed E-state index contributed by atoms with van der Waals surface area (Å²) >= 11 is 0. The Labute approximate surface area is 95.4 Å². The van der Waals surface area contributed by atoms with E-state index in [1.807, 2.05) is 36.8 Å². The van der Waals surface area contributed by atoms with Crippen molar-refractivity contribution in [2.45, 2.75) is 12.3 Å². The van der Waals surface area contributed by atoms with E-state index < -0.39 is 0 Å². The summed E-state index contributed by atoms with van der Waals surface area (Å²) in [4.78, 5) is 8.13. The van der Waals surface area contributed by atoms with Gasteiger partial charge in [0, 0.05) is 30.7 Å². The van der Waals surface area contributed by atoms with Gasteiger partial charge in [-0.1, -0.05) is 6.07 Å². The van der Waals surface area contributed by atoms with E-state index in [1.54, 1.807) is 6.20 Å². The van der Waals surface area contributed by atoms with Crippen molar-refractivity contribution in [3.63, 3.8) is 0 Å². The Morgan fingerprint density at radius 3 is 2.50 bits per heavy atom. The predicted octanol–water partition coefficient (Wildman–Crippen LogP) is 1.76. The number of hydrogen-bond acceptors (Lipinski definition) is 3. The summed E-state index contributed by atoms with van der Waals surface area (Å²) in [7, 11) is 0. The molecule has 1 atom stereocenters. The van der Waals surface area contributed by atoms with E-state index in [0.717, 1.165) is 6.42 Å². The first kappa shape index (κ1) is 10.8. The van der Waals surface area contributed by atoms with E-state index >= 15 is 0 Å². The largest absolute Gasteiger partial charge is 0.330 e. The van der Waals surface area contributed by atoms with Crippen molar-refractivity contribution >= 4 is 0 Å². The number of hydrogen-bond donors (Lipinski definition) is 1. The molecular formula is C13H15N3. The number of aromatic nitrogens is 2. The second-order valence-corrected chi connectivity index (χ2v) is 3.78. The van der Waals surface area contributed by atoms with Gasteiger partial charge in [-0.3, -0.25) is 9.97 Å². The Bertz CT molecular complexity index is 414. The van der Waals surface area contributed by atoms with Crippen LogP contribution in [0.4, 0.5) is 0 Å². The second kappa shape index (κ2) is 5.37. The fourth-order valence-electron chi connectivity index (χ4n) is 1.76. The summed E-state index contributed by atoms with van der Waals surface area (Å²) in [5.41, 5.74) is 8.26. The Balaban J connectivity index is 2.13. The zero-order valence-corrected chi connectivity index (χ0v) is 9.08. The Kier molecular flexibility index (Phi) is 3.62. The lowest BCUT2D eigenvalue weighted by atomic mass is 9.94. The average molecular weight is 213 g/mol. The molecule has 0 saturated heterocycles. The van der Waals surface area contributed by atoms with Crippen LogP contribution in [0.25, 0.3) is 0 Å². The first-order valence-electron chi connectivity index (χ1n) is 5.39. The monoisotopic (exact) mass is 213 g/mol. The standard InChI is InChI=1S/C13H15N3/c14-9-13(12-2-1-5-16-10-12)8-11-3-6-15-7-4-11/h1-7,10,13H,8-9,14H2. The molecule has 0 saturated carbocycles. The van der Waals surface area contributed by atoms with Crippen molar-refractivity contribution in [1.29, 1.82) is 0 Å². The van der Waals surface area contributed by atoms with Crippen molar-refractivity contribution in [1.82, 2.24) is 9.97 Å². The highest BCUT2D eigenvalue weighted by Gasteiger charge is 2.10. The maximum absolute atomic E-state index is 5.81. The Morgan fingerprint density at radius 2 is 1.88 bits per heavy atom. The molecule has 3 heteroatoms. The van der Waals surface area contributed by atoms with Crippen LogP contribution in [0.5, 0.6) is 0 Å². The van der Waals surface area contributed by atoms with Gasteiger partial charge in [0.05, 0.1) is 0 Å². The van der Waals surface area contributed by atoms with Crippen LogP contribution in [-0.4, -0.2) is 16.5 Å². The van der Waals surface area contributed by atoms with Crippen molar-refractivity contribution < 1.29 is 0 Å². The second-order valence-electron chi connectivity index (χ2n) is 3.78. The molecular weight excluding hydrogens is 198 g/mol. The van der Waals surface area contributed by atoms with Crippen molar-refractivity contribution in [3.05, 3.63) is 60.2 Å². The zero-order valence-electron chi connectivity index (χ0n) is 9.08. The Hall–Kier alpha value is -1.74. The molecule has 82 valence electrons. The minimum Gasteiger partial charge on any atom is -0.330 e.